The van der Waals surface area contributed by atoms with E-state index >= 15 is 0 Å². The predicted molar refractivity (Wildman–Crippen MR) is 154 cm³/mol. The number of imidazole rings is 1. The number of aromatic nitrogens is 4. The molecule has 2 fully saturated rings. The molecule has 1 saturated heterocycles. The number of nitrogens with one attached hydrogen (secondary N) is 1. The first kappa shape index (κ1) is 25.9. The van der Waals surface area contributed by atoms with E-state index in [9.17, 15) is 9.59 Å². The summed E-state index contributed by atoms with van der Waals surface area (Å²) < 4.78 is 7.95. The molecule has 3 heterocycles. The lowest BCUT2D eigenvalue weighted by atomic mass is 9.57. The molecule has 9 heteroatoms. The summed E-state index contributed by atoms with van der Waals surface area (Å²) in [5.74, 6) is 1.93. The second-order valence-corrected chi connectivity index (χ2v) is 11.4. The molecule has 206 valence electrons. The van der Waals surface area contributed by atoms with Crippen molar-refractivity contribution >= 4 is 22.7 Å². The fourth-order valence-corrected chi connectivity index (χ4v) is 6.27. The molecule has 2 aliphatic rings. The van der Waals surface area contributed by atoms with Crippen LogP contribution in [0.4, 0.5) is 0 Å². The molecular formula is C31H34N6O3. The quantitative estimate of drug-likeness (QED) is 0.354. The van der Waals surface area contributed by atoms with E-state index in [1.165, 1.54) is 11.0 Å². The smallest absolute Gasteiger partial charge is 0.259 e. The maximum atomic E-state index is 12.0. The molecule has 6 rings (SSSR count). The van der Waals surface area contributed by atoms with Gasteiger partial charge in [-0.25, -0.2) is 4.98 Å². The number of hydrogen-bond acceptors (Lipinski definition) is 5. The highest BCUT2D eigenvalue weighted by molar-refractivity contribution is 5.98. The number of rotatable bonds is 7. The van der Waals surface area contributed by atoms with E-state index in [2.05, 4.69) is 47.4 Å². The van der Waals surface area contributed by atoms with Gasteiger partial charge in [-0.15, -0.1) is 0 Å². The number of benzene rings is 2. The van der Waals surface area contributed by atoms with Crippen molar-refractivity contribution in [3.05, 3.63) is 66.6 Å². The number of aryl methyl sites for hydroxylation is 1. The molecule has 2 aromatic carbocycles. The molecule has 0 radical (unpaired) electrons. The first-order valence-electron chi connectivity index (χ1n) is 13.5. The van der Waals surface area contributed by atoms with Gasteiger partial charge in [-0.3, -0.25) is 14.7 Å². The summed E-state index contributed by atoms with van der Waals surface area (Å²) in [4.78, 5) is 32.6. The SMILES string of the molecule is C=CC(=O)N1CC2(CC(c3nc(-c4ccc(OCC(=O)N(C)C)cc4)c(-c4c(C)ccc5[nH]ncc45)n3C)C2)C1. The molecule has 2 aromatic heterocycles. The Morgan fingerprint density at radius 1 is 1.18 bits per heavy atom. The second kappa shape index (κ2) is 9.66. The van der Waals surface area contributed by atoms with E-state index < -0.39 is 0 Å². The van der Waals surface area contributed by atoms with E-state index in [-0.39, 0.29) is 23.8 Å². The average molecular weight is 539 g/mol. The largest absolute Gasteiger partial charge is 0.484 e. The number of likely N-dealkylation sites (tertiary alicyclic amines) is 1. The Labute approximate surface area is 233 Å². The molecule has 40 heavy (non-hydrogen) atoms. The Morgan fingerprint density at radius 2 is 1.90 bits per heavy atom. The van der Waals surface area contributed by atoms with Gasteiger partial charge < -0.3 is 19.1 Å². The van der Waals surface area contributed by atoms with Crippen LogP contribution in [0.3, 0.4) is 0 Å². The van der Waals surface area contributed by atoms with E-state index in [0.29, 0.717) is 11.7 Å². The van der Waals surface area contributed by atoms with Crippen LogP contribution >= 0.6 is 0 Å². The standard InChI is InChI=1S/C31H34N6O3/c1-6-25(38)37-17-31(18-37)13-21(14-31)30-33-28(20-8-10-22(11-9-20)40-16-26(39)35(3)4)29(36(30)5)27-19(2)7-12-24-23(27)15-32-34-24/h6-12,15,21H,1,13-14,16-18H2,2-5H3,(H,32,34). The van der Waals surface area contributed by atoms with Gasteiger partial charge in [0.2, 0.25) is 5.91 Å². The minimum absolute atomic E-state index is 0.00767. The minimum atomic E-state index is -0.0916. The monoisotopic (exact) mass is 538 g/mol. The summed E-state index contributed by atoms with van der Waals surface area (Å²) in [6.07, 6.45) is 5.30. The predicted octanol–water partition coefficient (Wildman–Crippen LogP) is 4.30. The maximum Gasteiger partial charge on any atom is 0.259 e. The molecule has 1 aliphatic heterocycles. The van der Waals surface area contributed by atoms with E-state index in [0.717, 1.165) is 70.7 Å². The number of fused-ring (bicyclic) bond motifs is 1. The van der Waals surface area contributed by atoms with E-state index in [1.54, 1.807) is 14.1 Å². The summed E-state index contributed by atoms with van der Waals surface area (Å²) in [6.45, 7) is 7.32. The lowest BCUT2D eigenvalue weighted by molar-refractivity contribution is -0.146. The number of nitrogens with zero attached hydrogens (tertiary/aromatic N) is 5. The number of carbonyl (C=O) groups excluding carboxylic acids is 2. The molecule has 0 bridgehead atoms. The molecule has 1 spiro atoms. The summed E-state index contributed by atoms with van der Waals surface area (Å²) in [6, 6.07) is 12.0. The van der Waals surface area contributed by atoms with Crippen molar-refractivity contribution in [2.75, 3.05) is 33.8 Å². The first-order chi connectivity index (χ1) is 19.2. The molecular weight excluding hydrogens is 504 g/mol. The number of carbonyl (C=O) groups is 2. The third kappa shape index (κ3) is 4.26. The number of likely N-dealkylation sites (N-methyl/N-ethyl adjacent to an activating group) is 1. The highest BCUT2D eigenvalue weighted by atomic mass is 16.5. The van der Waals surface area contributed by atoms with Crippen molar-refractivity contribution in [3.63, 3.8) is 0 Å². The van der Waals surface area contributed by atoms with Crippen LogP contribution in [0.25, 0.3) is 33.4 Å². The molecule has 1 N–H and O–H groups in total. The molecule has 4 aromatic rings. The van der Waals surface area contributed by atoms with Crippen LogP contribution in [0.1, 0.15) is 30.1 Å². The van der Waals surface area contributed by atoms with Gasteiger partial charge in [-0.1, -0.05) is 12.6 Å². The zero-order valence-corrected chi connectivity index (χ0v) is 23.4. The number of amides is 2. The van der Waals surface area contributed by atoms with Crippen molar-refractivity contribution in [1.29, 1.82) is 0 Å². The van der Waals surface area contributed by atoms with Gasteiger partial charge in [0, 0.05) is 62.1 Å². The summed E-state index contributed by atoms with van der Waals surface area (Å²) in [5.41, 5.74) is 6.36. The summed E-state index contributed by atoms with van der Waals surface area (Å²) in [7, 11) is 5.52. The van der Waals surface area contributed by atoms with Crippen molar-refractivity contribution in [1.82, 2.24) is 29.5 Å². The van der Waals surface area contributed by atoms with Crippen LogP contribution in [-0.4, -0.2) is 75.2 Å². The Hall–Kier alpha value is -4.40. The van der Waals surface area contributed by atoms with Gasteiger partial charge in [0.15, 0.2) is 6.61 Å². The van der Waals surface area contributed by atoms with Crippen molar-refractivity contribution in [3.8, 4) is 28.3 Å². The maximum absolute atomic E-state index is 12.0. The van der Waals surface area contributed by atoms with Gasteiger partial charge in [0.05, 0.1) is 23.1 Å². The van der Waals surface area contributed by atoms with Gasteiger partial charge in [0.25, 0.3) is 5.91 Å². The number of H-pyrrole nitrogens is 1. The van der Waals surface area contributed by atoms with E-state index in [4.69, 9.17) is 9.72 Å². The fourth-order valence-electron chi connectivity index (χ4n) is 6.27. The van der Waals surface area contributed by atoms with Gasteiger partial charge in [0.1, 0.15) is 11.6 Å². The third-order valence-corrected chi connectivity index (χ3v) is 8.45. The van der Waals surface area contributed by atoms with Gasteiger partial charge in [-0.05, 0) is 61.7 Å². The normalized spacial score (nSPS) is 16.1. The zero-order valence-electron chi connectivity index (χ0n) is 23.4. The van der Waals surface area contributed by atoms with Crippen LogP contribution in [0.5, 0.6) is 5.75 Å². The first-order valence-corrected chi connectivity index (χ1v) is 13.5. The lowest BCUT2D eigenvalue weighted by Crippen LogP contribution is -2.63. The van der Waals surface area contributed by atoms with Crippen LogP contribution in [-0.2, 0) is 16.6 Å². The van der Waals surface area contributed by atoms with Crippen molar-refractivity contribution < 1.29 is 14.3 Å². The topological polar surface area (TPSA) is 96.3 Å². The highest BCUT2D eigenvalue weighted by Gasteiger charge is 2.54. The van der Waals surface area contributed by atoms with Crippen LogP contribution < -0.4 is 4.74 Å². The minimum Gasteiger partial charge on any atom is -0.484 e. The van der Waals surface area contributed by atoms with Crippen LogP contribution in [0.15, 0.2) is 55.3 Å². The van der Waals surface area contributed by atoms with Gasteiger partial charge >= 0.3 is 0 Å². The summed E-state index contributed by atoms with van der Waals surface area (Å²) in [5, 5.41) is 8.47. The van der Waals surface area contributed by atoms with Crippen LogP contribution in [0, 0.1) is 12.3 Å². The number of hydrogen-bond donors (Lipinski definition) is 1. The zero-order chi connectivity index (χ0) is 28.2. The molecule has 0 unspecified atom stereocenters. The Kier molecular flexibility index (Phi) is 6.24. The molecule has 9 nitrogen and oxygen atoms in total. The Morgan fingerprint density at radius 3 is 2.58 bits per heavy atom. The molecule has 0 atom stereocenters. The number of aromatic amines is 1. The Bertz CT molecular complexity index is 1620. The third-order valence-electron chi connectivity index (χ3n) is 8.45. The average Bonchev–Trinajstić information content (AvgIpc) is 3.50. The van der Waals surface area contributed by atoms with Gasteiger partial charge in [-0.2, -0.15) is 5.10 Å². The van der Waals surface area contributed by atoms with Crippen LogP contribution in [0.2, 0.25) is 0 Å². The molecule has 2 amide bonds. The van der Waals surface area contributed by atoms with Crippen molar-refractivity contribution in [2.45, 2.75) is 25.7 Å². The highest BCUT2D eigenvalue weighted by Crippen LogP contribution is 2.56. The number of ether oxygens (including phenoxy) is 1. The van der Waals surface area contributed by atoms with E-state index in [1.807, 2.05) is 35.4 Å². The fraction of sp³-hybridized carbons (Fsp3) is 0.355. The second-order valence-electron chi connectivity index (χ2n) is 11.4. The molecule has 1 saturated carbocycles. The summed E-state index contributed by atoms with van der Waals surface area (Å²) >= 11 is 0. The Balaban J connectivity index is 1.35. The van der Waals surface area contributed by atoms with Crippen molar-refractivity contribution in [2.24, 2.45) is 12.5 Å². The molecule has 1 aliphatic carbocycles. The lowest BCUT2D eigenvalue weighted by Gasteiger charge is -2.58.